The Hall–Kier alpha value is -2.17. The first kappa shape index (κ1) is 13.8. The molecule has 21 heavy (non-hydrogen) atoms. The predicted molar refractivity (Wildman–Crippen MR) is 84.7 cm³/mol. The average Bonchev–Trinajstić information content (AvgIpc) is 2.56. The second-order valence-electron chi connectivity index (χ2n) is 5.49. The molecule has 2 aromatic heterocycles. The maximum Gasteiger partial charge on any atom is 0.151 e. The van der Waals surface area contributed by atoms with E-state index in [1.807, 2.05) is 26.1 Å². The lowest BCUT2D eigenvalue weighted by atomic mass is 9.93. The van der Waals surface area contributed by atoms with Crippen molar-refractivity contribution in [3.63, 3.8) is 0 Å². The number of nitrogens with one attached hydrogen (secondary N) is 1. The van der Waals surface area contributed by atoms with Gasteiger partial charge in [0.05, 0.1) is 5.69 Å². The van der Waals surface area contributed by atoms with E-state index in [1.165, 1.54) is 5.69 Å². The van der Waals surface area contributed by atoms with Gasteiger partial charge in [-0.15, -0.1) is 5.10 Å². The lowest BCUT2D eigenvalue weighted by Crippen LogP contribution is -2.33. The average molecular weight is 283 g/mol. The van der Waals surface area contributed by atoms with Crippen LogP contribution in [-0.4, -0.2) is 35.3 Å². The van der Waals surface area contributed by atoms with Crippen molar-refractivity contribution in [2.24, 2.45) is 0 Å². The lowest BCUT2D eigenvalue weighted by Gasteiger charge is -2.32. The van der Waals surface area contributed by atoms with Gasteiger partial charge in [-0.05, 0) is 44.0 Å². The molecule has 1 saturated heterocycles. The summed E-state index contributed by atoms with van der Waals surface area (Å²) in [5, 5.41) is 11.5. The number of hydrogen-bond donors (Lipinski definition) is 1. The highest BCUT2D eigenvalue weighted by molar-refractivity contribution is 5.39. The van der Waals surface area contributed by atoms with Crippen LogP contribution < -0.4 is 10.2 Å². The number of anilines is 2. The second-order valence-corrected chi connectivity index (χ2v) is 5.49. The number of aromatic nitrogens is 3. The van der Waals surface area contributed by atoms with Gasteiger partial charge in [-0.3, -0.25) is 0 Å². The van der Waals surface area contributed by atoms with Crippen molar-refractivity contribution >= 4 is 11.6 Å². The van der Waals surface area contributed by atoms with Crippen molar-refractivity contribution in [3.8, 4) is 0 Å². The zero-order chi connectivity index (χ0) is 14.7. The Labute approximate surface area is 125 Å². The first-order valence-corrected chi connectivity index (χ1v) is 7.46. The van der Waals surface area contributed by atoms with Gasteiger partial charge in [0.15, 0.2) is 5.82 Å². The molecule has 0 spiro atoms. The highest BCUT2D eigenvalue weighted by Gasteiger charge is 2.22. The largest absolute Gasteiger partial charge is 0.373 e. The van der Waals surface area contributed by atoms with Crippen molar-refractivity contribution in [3.05, 3.63) is 41.7 Å². The molecular formula is C16H21N5. The van der Waals surface area contributed by atoms with E-state index in [4.69, 9.17) is 0 Å². The molecule has 0 bridgehead atoms. The Morgan fingerprint density at radius 3 is 2.57 bits per heavy atom. The first-order valence-electron chi connectivity index (χ1n) is 7.46. The summed E-state index contributed by atoms with van der Waals surface area (Å²) in [6.07, 6.45) is 2.21. The SMILES string of the molecule is CNc1cccc(C2CCN(c3ccc(C)nn3)CC2)n1. The fourth-order valence-corrected chi connectivity index (χ4v) is 2.78. The fourth-order valence-electron chi connectivity index (χ4n) is 2.78. The van der Waals surface area contributed by atoms with Crippen molar-refractivity contribution in [1.29, 1.82) is 0 Å². The molecule has 1 aliphatic heterocycles. The van der Waals surface area contributed by atoms with Gasteiger partial charge in [0, 0.05) is 31.7 Å². The third kappa shape index (κ3) is 3.12. The van der Waals surface area contributed by atoms with Crippen LogP contribution in [0.15, 0.2) is 30.3 Å². The van der Waals surface area contributed by atoms with E-state index in [0.717, 1.165) is 43.3 Å². The third-order valence-corrected chi connectivity index (χ3v) is 4.05. The van der Waals surface area contributed by atoms with E-state index in [0.29, 0.717) is 5.92 Å². The van der Waals surface area contributed by atoms with E-state index in [9.17, 15) is 0 Å². The van der Waals surface area contributed by atoms with Crippen molar-refractivity contribution in [2.45, 2.75) is 25.7 Å². The van der Waals surface area contributed by atoms with E-state index in [1.54, 1.807) is 0 Å². The third-order valence-electron chi connectivity index (χ3n) is 4.05. The first-order chi connectivity index (χ1) is 10.3. The highest BCUT2D eigenvalue weighted by Crippen LogP contribution is 2.29. The molecule has 0 aliphatic carbocycles. The minimum absolute atomic E-state index is 0.535. The molecule has 3 rings (SSSR count). The van der Waals surface area contributed by atoms with Gasteiger partial charge >= 0.3 is 0 Å². The lowest BCUT2D eigenvalue weighted by molar-refractivity contribution is 0.493. The fraction of sp³-hybridized carbons (Fsp3) is 0.438. The molecule has 1 fully saturated rings. The molecule has 5 nitrogen and oxygen atoms in total. The maximum absolute atomic E-state index is 4.67. The molecule has 0 saturated carbocycles. The molecule has 2 aromatic rings. The van der Waals surface area contributed by atoms with Crippen LogP contribution in [0.3, 0.4) is 0 Å². The van der Waals surface area contributed by atoms with E-state index in [2.05, 4.69) is 43.6 Å². The van der Waals surface area contributed by atoms with Crippen LogP contribution in [0.1, 0.15) is 30.1 Å². The van der Waals surface area contributed by atoms with Crippen LogP contribution in [-0.2, 0) is 0 Å². The summed E-state index contributed by atoms with van der Waals surface area (Å²) in [6, 6.07) is 10.3. The molecule has 1 aliphatic rings. The van der Waals surface area contributed by atoms with Gasteiger partial charge in [0.2, 0.25) is 0 Å². The highest BCUT2D eigenvalue weighted by atomic mass is 15.3. The quantitative estimate of drug-likeness (QED) is 0.938. The summed E-state index contributed by atoms with van der Waals surface area (Å²) in [7, 11) is 1.91. The van der Waals surface area contributed by atoms with Crippen LogP contribution in [0.2, 0.25) is 0 Å². The zero-order valence-electron chi connectivity index (χ0n) is 12.6. The summed E-state index contributed by atoms with van der Waals surface area (Å²) < 4.78 is 0. The molecule has 0 radical (unpaired) electrons. The smallest absolute Gasteiger partial charge is 0.151 e. The zero-order valence-corrected chi connectivity index (χ0v) is 12.6. The monoisotopic (exact) mass is 283 g/mol. The predicted octanol–water partition coefficient (Wildman–Crippen LogP) is 2.61. The number of pyridine rings is 1. The molecular weight excluding hydrogens is 262 g/mol. The Morgan fingerprint density at radius 1 is 1.10 bits per heavy atom. The standard InChI is InChI=1S/C16H21N5/c1-12-6-7-16(20-19-12)21-10-8-13(9-11-21)14-4-3-5-15(17-2)18-14/h3-7,13H,8-11H2,1-2H3,(H,17,18). The van der Waals surface area contributed by atoms with Crippen molar-refractivity contribution in [1.82, 2.24) is 15.2 Å². The van der Waals surface area contributed by atoms with Crippen LogP contribution in [0, 0.1) is 6.92 Å². The number of piperidine rings is 1. The summed E-state index contributed by atoms with van der Waals surface area (Å²) in [5.74, 6) is 2.46. The second kappa shape index (κ2) is 6.08. The van der Waals surface area contributed by atoms with Crippen LogP contribution in [0.25, 0.3) is 0 Å². The maximum atomic E-state index is 4.67. The number of hydrogen-bond acceptors (Lipinski definition) is 5. The van der Waals surface area contributed by atoms with Gasteiger partial charge < -0.3 is 10.2 Å². The summed E-state index contributed by atoms with van der Waals surface area (Å²) in [5.41, 5.74) is 2.15. The molecule has 1 N–H and O–H groups in total. The molecule has 0 aromatic carbocycles. The van der Waals surface area contributed by atoms with Gasteiger partial charge in [-0.1, -0.05) is 6.07 Å². The minimum Gasteiger partial charge on any atom is -0.373 e. The number of nitrogens with zero attached hydrogens (tertiary/aromatic N) is 4. The van der Waals surface area contributed by atoms with Crippen molar-refractivity contribution in [2.75, 3.05) is 30.4 Å². The molecule has 3 heterocycles. The van der Waals surface area contributed by atoms with Crippen LogP contribution in [0.5, 0.6) is 0 Å². The van der Waals surface area contributed by atoms with Gasteiger partial charge in [0.1, 0.15) is 5.82 Å². The van der Waals surface area contributed by atoms with E-state index < -0.39 is 0 Å². The number of aryl methyl sites for hydroxylation is 1. The number of rotatable bonds is 3. The Bertz CT molecular complexity index is 588. The van der Waals surface area contributed by atoms with Crippen LogP contribution >= 0.6 is 0 Å². The topological polar surface area (TPSA) is 53.9 Å². The Morgan fingerprint density at radius 2 is 1.90 bits per heavy atom. The van der Waals surface area contributed by atoms with Gasteiger partial charge in [0.25, 0.3) is 0 Å². The summed E-state index contributed by atoms with van der Waals surface area (Å²) >= 11 is 0. The molecule has 0 amide bonds. The molecule has 5 heteroatoms. The minimum atomic E-state index is 0.535. The summed E-state index contributed by atoms with van der Waals surface area (Å²) in [4.78, 5) is 6.98. The van der Waals surface area contributed by atoms with E-state index >= 15 is 0 Å². The summed E-state index contributed by atoms with van der Waals surface area (Å²) in [6.45, 7) is 3.98. The van der Waals surface area contributed by atoms with Gasteiger partial charge in [-0.25, -0.2) is 4.98 Å². The van der Waals surface area contributed by atoms with Crippen molar-refractivity contribution < 1.29 is 0 Å². The molecule has 0 atom stereocenters. The van der Waals surface area contributed by atoms with E-state index in [-0.39, 0.29) is 0 Å². The van der Waals surface area contributed by atoms with Gasteiger partial charge in [-0.2, -0.15) is 5.10 Å². The Kier molecular flexibility index (Phi) is 3.99. The normalized spacial score (nSPS) is 16.0. The molecule has 110 valence electrons. The molecule has 0 unspecified atom stereocenters. The Balaban J connectivity index is 1.65. The van der Waals surface area contributed by atoms with Crippen LogP contribution in [0.4, 0.5) is 11.6 Å².